The molecule has 0 radical (unpaired) electrons. The fraction of sp³-hybridized carbons (Fsp3) is 0.611. The quantitative estimate of drug-likeness (QED) is 0.640. The number of nitrogens with zero attached hydrogens (tertiary/aromatic N) is 1. The average Bonchev–Trinajstić information content (AvgIpc) is 3.18. The topological polar surface area (TPSA) is 81.5 Å². The van der Waals surface area contributed by atoms with Gasteiger partial charge in [0, 0.05) is 18.2 Å². The van der Waals surface area contributed by atoms with Gasteiger partial charge in [-0.25, -0.2) is 0 Å². The molecule has 3 rings (SSSR count). The minimum absolute atomic E-state index is 0.00404. The largest absolute Gasteiger partial charge is 0.481 e. The van der Waals surface area contributed by atoms with Crippen molar-refractivity contribution in [3.05, 3.63) is 34.4 Å². The SMILES string of the molecule is C[C@H](Oc1ccc([N+](=O)[O-])cc1)C(=O)N[C@@H](C)[C@H]1C[C@H]2CC[C@H]1C2. The maximum atomic E-state index is 12.4. The first-order valence-electron chi connectivity index (χ1n) is 8.65. The molecule has 0 spiro atoms. The number of benzene rings is 1. The van der Waals surface area contributed by atoms with Crippen molar-refractivity contribution < 1.29 is 14.5 Å². The molecule has 1 N–H and O–H groups in total. The molecule has 2 saturated carbocycles. The lowest BCUT2D eigenvalue weighted by Gasteiger charge is -2.29. The Balaban J connectivity index is 1.51. The van der Waals surface area contributed by atoms with Crippen molar-refractivity contribution in [3.8, 4) is 5.75 Å². The molecule has 5 atom stereocenters. The predicted molar refractivity (Wildman–Crippen MR) is 89.7 cm³/mol. The molecule has 0 aromatic heterocycles. The summed E-state index contributed by atoms with van der Waals surface area (Å²) in [5, 5.41) is 13.7. The predicted octanol–water partition coefficient (Wildman–Crippen LogP) is 3.30. The first kappa shape index (κ1) is 16.7. The highest BCUT2D eigenvalue weighted by atomic mass is 16.6. The summed E-state index contributed by atoms with van der Waals surface area (Å²) >= 11 is 0. The number of ether oxygens (including phenoxy) is 1. The highest BCUT2D eigenvalue weighted by molar-refractivity contribution is 5.81. The fourth-order valence-corrected chi connectivity index (χ4v) is 4.26. The molecule has 2 fully saturated rings. The van der Waals surface area contributed by atoms with Gasteiger partial charge in [0.1, 0.15) is 5.75 Å². The van der Waals surface area contributed by atoms with Crippen LogP contribution in [0.15, 0.2) is 24.3 Å². The van der Waals surface area contributed by atoms with Gasteiger partial charge in [0.05, 0.1) is 4.92 Å². The third kappa shape index (κ3) is 3.52. The number of carbonyl (C=O) groups is 1. The molecule has 6 heteroatoms. The van der Waals surface area contributed by atoms with Gasteiger partial charge in [-0.1, -0.05) is 6.42 Å². The van der Waals surface area contributed by atoms with Crippen molar-refractivity contribution >= 4 is 11.6 Å². The normalized spacial score (nSPS) is 27.5. The number of carbonyl (C=O) groups excluding carboxylic acids is 1. The van der Waals surface area contributed by atoms with Crippen LogP contribution in [-0.4, -0.2) is 23.0 Å². The highest BCUT2D eigenvalue weighted by Gasteiger charge is 2.42. The lowest BCUT2D eigenvalue weighted by atomic mass is 9.84. The second-order valence-corrected chi connectivity index (χ2v) is 7.15. The molecule has 24 heavy (non-hydrogen) atoms. The van der Waals surface area contributed by atoms with Crippen LogP contribution in [0.4, 0.5) is 5.69 Å². The average molecular weight is 332 g/mol. The second-order valence-electron chi connectivity index (χ2n) is 7.15. The smallest absolute Gasteiger partial charge is 0.269 e. The Morgan fingerprint density at radius 2 is 1.96 bits per heavy atom. The summed E-state index contributed by atoms with van der Waals surface area (Å²) in [6.07, 6.45) is 4.56. The van der Waals surface area contributed by atoms with Crippen LogP contribution in [0.3, 0.4) is 0 Å². The molecule has 6 nitrogen and oxygen atoms in total. The van der Waals surface area contributed by atoms with Gasteiger partial charge in [-0.15, -0.1) is 0 Å². The van der Waals surface area contributed by atoms with Crippen molar-refractivity contribution in [2.24, 2.45) is 17.8 Å². The Morgan fingerprint density at radius 1 is 1.25 bits per heavy atom. The van der Waals surface area contributed by atoms with Crippen LogP contribution in [0.5, 0.6) is 5.75 Å². The number of hydrogen-bond acceptors (Lipinski definition) is 4. The van der Waals surface area contributed by atoms with Gasteiger partial charge in [-0.05, 0) is 63.0 Å². The standard InChI is InChI=1S/C18H24N2O4/c1-11(17-10-13-3-4-14(17)9-13)19-18(21)12(2)24-16-7-5-15(6-8-16)20(22)23/h5-8,11-14,17H,3-4,9-10H2,1-2H3,(H,19,21)/t11-,12-,13-,14-,17+/m0/s1. The van der Waals surface area contributed by atoms with Crippen LogP contribution in [0, 0.1) is 27.9 Å². The molecule has 2 aliphatic carbocycles. The van der Waals surface area contributed by atoms with Gasteiger partial charge in [0.25, 0.3) is 11.6 Å². The first-order chi connectivity index (χ1) is 11.4. The Hall–Kier alpha value is -2.11. The van der Waals surface area contributed by atoms with Gasteiger partial charge in [-0.2, -0.15) is 0 Å². The molecular weight excluding hydrogens is 308 g/mol. The summed E-state index contributed by atoms with van der Waals surface area (Å²) in [7, 11) is 0. The van der Waals surface area contributed by atoms with E-state index in [4.69, 9.17) is 4.74 Å². The van der Waals surface area contributed by atoms with Crippen LogP contribution >= 0.6 is 0 Å². The summed E-state index contributed by atoms with van der Waals surface area (Å²) in [5.41, 5.74) is 0.00404. The van der Waals surface area contributed by atoms with Crippen molar-refractivity contribution in [1.82, 2.24) is 5.32 Å². The van der Waals surface area contributed by atoms with Crippen LogP contribution in [0.25, 0.3) is 0 Å². The summed E-state index contributed by atoms with van der Waals surface area (Å²) in [6, 6.07) is 5.94. The Labute approximate surface area is 141 Å². The molecule has 1 amide bonds. The number of nitrogens with one attached hydrogen (secondary N) is 1. The molecule has 1 aromatic carbocycles. The van der Waals surface area contributed by atoms with E-state index in [-0.39, 0.29) is 17.6 Å². The third-order valence-corrected chi connectivity index (χ3v) is 5.53. The zero-order chi connectivity index (χ0) is 17.3. The maximum absolute atomic E-state index is 12.4. The molecule has 2 aliphatic rings. The van der Waals surface area contributed by atoms with Crippen molar-refractivity contribution in [1.29, 1.82) is 0 Å². The minimum Gasteiger partial charge on any atom is -0.481 e. The number of non-ortho nitro benzene ring substituents is 1. The zero-order valence-electron chi connectivity index (χ0n) is 14.1. The van der Waals surface area contributed by atoms with E-state index in [2.05, 4.69) is 12.2 Å². The minimum atomic E-state index is -0.632. The Bertz CT molecular complexity index is 616. The summed E-state index contributed by atoms with van der Waals surface area (Å²) < 4.78 is 5.60. The van der Waals surface area contributed by atoms with E-state index in [0.717, 1.165) is 11.8 Å². The van der Waals surface area contributed by atoms with Crippen LogP contribution in [0.2, 0.25) is 0 Å². The molecule has 0 unspecified atom stereocenters. The van der Waals surface area contributed by atoms with Crippen LogP contribution in [-0.2, 0) is 4.79 Å². The lowest BCUT2D eigenvalue weighted by molar-refractivity contribution is -0.384. The molecule has 0 heterocycles. The number of rotatable bonds is 6. The van der Waals surface area contributed by atoms with E-state index < -0.39 is 11.0 Å². The zero-order valence-corrected chi connectivity index (χ0v) is 14.1. The van der Waals surface area contributed by atoms with Crippen LogP contribution in [0.1, 0.15) is 39.5 Å². The van der Waals surface area contributed by atoms with Gasteiger partial charge in [0.15, 0.2) is 6.10 Å². The summed E-state index contributed by atoms with van der Waals surface area (Å²) in [5.74, 6) is 2.52. The first-order valence-corrected chi connectivity index (χ1v) is 8.65. The Kier molecular flexibility index (Phi) is 4.73. The highest BCUT2D eigenvalue weighted by Crippen LogP contribution is 2.49. The molecule has 2 bridgehead atoms. The van der Waals surface area contributed by atoms with Crippen LogP contribution < -0.4 is 10.1 Å². The van der Waals surface area contributed by atoms with E-state index in [1.165, 1.54) is 49.9 Å². The van der Waals surface area contributed by atoms with Crippen molar-refractivity contribution in [2.45, 2.75) is 51.7 Å². The molecule has 0 saturated heterocycles. The lowest BCUT2D eigenvalue weighted by Crippen LogP contribution is -2.45. The second kappa shape index (κ2) is 6.79. The number of nitro groups is 1. The fourth-order valence-electron chi connectivity index (χ4n) is 4.26. The monoisotopic (exact) mass is 332 g/mol. The van der Waals surface area contributed by atoms with Gasteiger partial charge in [-0.3, -0.25) is 14.9 Å². The number of fused-ring (bicyclic) bond motifs is 2. The maximum Gasteiger partial charge on any atom is 0.269 e. The molecule has 0 aliphatic heterocycles. The molecule has 130 valence electrons. The number of hydrogen-bond donors (Lipinski definition) is 1. The number of nitro benzene ring substituents is 1. The Morgan fingerprint density at radius 3 is 2.50 bits per heavy atom. The van der Waals surface area contributed by atoms with Crippen molar-refractivity contribution in [3.63, 3.8) is 0 Å². The van der Waals surface area contributed by atoms with E-state index in [9.17, 15) is 14.9 Å². The van der Waals surface area contributed by atoms with E-state index >= 15 is 0 Å². The number of amides is 1. The van der Waals surface area contributed by atoms with Crippen molar-refractivity contribution in [2.75, 3.05) is 0 Å². The van der Waals surface area contributed by atoms with Gasteiger partial charge >= 0.3 is 0 Å². The van der Waals surface area contributed by atoms with Gasteiger partial charge in [0.2, 0.25) is 0 Å². The van der Waals surface area contributed by atoms with Gasteiger partial charge < -0.3 is 10.1 Å². The molecular formula is C18H24N2O4. The molecule has 1 aromatic rings. The third-order valence-electron chi connectivity index (χ3n) is 5.53. The van der Waals surface area contributed by atoms with E-state index in [1.54, 1.807) is 6.92 Å². The van der Waals surface area contributed by atoms with E-state index in [0.29, 0.717) is 11.7 Å². The summed E-state index contributed by atoms with van der Waals surface area (Å²) in [6.45, 7) is 3.78. The van der Waals surface area contributed by atoms with E-state index in [1.807, 2.05) is 0 Å². The summed E-state index contributed by atoms with van der Waals surface area (Å²) in [4.78, 5) is 22.5.